The third-order valence-electron chi connectivity index (χ3n) is 1.26. The third kappa shape index (κ3) is 2.37. The highest BCUT2D eigenvalue weighted by Crippen LogP contribution is 2.13. The summed E-state index contributed by atoms with van der Waals surface area (Å²) in [6, 6.07) is 0. The van der Waals surface area contributed by atoms with E-state index in [1.807, 2.05) is 0 Å². The standard InChI is InChI=1S/C7H13Cl/c1-4-6(3)7(8)5-2/h7H,3-5H2,1-2H3. The van der Waals surface area contributed by atoms with Gasteiger partial charge in [-0.3, -0.25) is 0 Å². The topological polar surface area (TPSA) is 0 Å². The molecule has 0 aliphatic heterocycles. The zero-order chi connectivity index (χ0) is 6.57. The lowest BCUT2D eigenvalue weighted by Crippen LogP contribution is -1.97. The van der Waals surface area contributed by atoms with E-state index in [4.69, 9.17) is 11.6 Å². The van der Waals surface area contributed by atoms with E-state index in [-0.39, 0.29) is 5.38 Å². The van der Waals surface area contributed by atoms with Crippen molar-refractivity contribution in [3.8, 4) is 0 Å². The van der Waals surface area contributed by atoms with Gasteiger partial charge in [0.1, 0.15) is 0 Å². The van der Waals surface area contributed by atoms with Crippen LogP contribution >= 0.6 is 11.6 Å². The molecule has 8 heavy (non-hydrogen) atoms. The minimum atomic E-state index is 0.194. The first kappa shape index (κ1) is 8.03. The molecule has 0 aliphatic rings. The van der Waals surface area contributed by atoms with Crippen molar-refractivity contribution < 1.29 is 0 Å². The lowest BCUT2D eigenvalue weighted by atomic mass is 10.1. The fourth-order valence-electron chi connectivity index (χ4n) is 0.510. The van der Waals surface area contributed by atoms with Crippen LogP contribution in [0, 0.1) is 0 Å². The van der Waals surface area contributed by atoms with Gasteiger partial charge < -0.3 is 0 Å². The smallest absolute Gasteiger partial charge is 0.0539 e. The molecular formula is C7H13Cl. The fraction of sp³-hybridized carbons (Fsp3) is 0.714. The molecule has 1 heteroatoms. The second-order valence-corrected chi connectivity index (χ2v) is 2.41. The molecule has 0 saturated heterocycles. The van der Waals surface area contributed by atoms with Crippen LogP contribution in [0.5, 0.6) is 0 Å². The van der Waals surface area contributed by atoms with Crippen molar-refractivity contribution in [1.82, 2.24) is 0 Å². The summed E-state index contributed by atoms with van der Waals surface area (Å²) in [5.74, 6) is 0. The fourth-order valence-corrected chi connectivity index (χ4v) is 0.664. The van der Waals surface area contributed by atoms with Gasteiger partial charge in [-0.15, -0.1) is 11.6 Å². The van der Waals surface area contributed by atoms with E-state index in [0.717, 1.165) is 18.4 Å². The van der Waals surface area contributed by atoms with Crippen molar-refractivity contribution in [2.45, 2.75) is 32.1 Å². The van der Waals surface area contributed by atoms with Crippen LogP contribution in [0.2, 0.25) is 0 Å². The first-order valence-corrected chi connectivity index (χ1v) is 3.47. The van der Waals surface area contributed by atoms with Crippen molar-refractivity contribution in [3.63, 3.8) is 0 Å². The number of hydrogen-bond donors (Lipinski definition) is 0. The Labute approximate surface area is 56.5 Å². The van der Waals surface area contributed by atoms with Crippen LogP contribution < -0.4 is 0 Å². The summed E-state index contributed by atoms with van der Waals surface area (Å²) >= 11 is 5.82. The van der Waals surface area contributed by atoms with Gasteiger partial charge in [0.2, 0.25) is 0 Å². The SMILES string of the molecule is C=C(CC)C(Cl)CC. The van der Waals surface area contributed by atoms with E-state index >= 15 is 0 Å². The quantitative estimate of drug-likeness (QED) is 0.409. The zero-order valence-corrected chi connectivity index (χ0v) is 6.33. The summed E-state index contributed by atoms with van der Waals surface area (Å²) < 4.78 is 0. The molecular weight excluding hydrogens is 120 g/mol. The number of halogens is 1. The summed E-state index contributed by atoms with van der Waals surface area (Å²) in [5, 5.41) is 0.194. The normalized spacial score (nSPS) is 13.4. The number of allylic oxidation sites excluding steroid dienone is 1. The highest BCUT2D eigenvalue weighted by Gasteiger charge is 2.01. The van der Waals surface area contributed by atoms with Crippen molar-refractivity contribution in [2.24, 2.45) is 0 Å². The second-order valence-electron chi connectivity index (χ2n) is 1.89. The Morgan fingerprint density at radius 1 is 1.62 bits per heavy atom. The molecule has 0 amide bonds. The average Bonchev–Trinajstić information content (AvgIpc) is 1.84. The predicted molar refractivity (Wildman–Crippen MR) is 39.4 cm³/mol. The van der Waals surface area contributed by atoms with Crippen molar-refractivity contribution >= 4 is 11.6 Å². The third-order valence-corrected chi connectivity index (χ3v) is 1.87. The molecule has 0 heterocycles. The molecule has 48 valence electrons. The first-order valence-electron chi connectivity index (χ1n) is 3.04. The van der Waals surface area contributed by atoms with Crippen LogP contribution in [0.25, 0.3) is 0 Å². The molecule has 0 fully saturated rings. The first-order chi connectivity index (χ1) is 3.72. The molecule has 0 rings (SSSR count). The summed E-state index contributed by atoms with van der Waals surface area (Å²) in [4.78, 5) is 0. The lowest BCUT2D eigenvalue weighted by molar-refractivity contribution is 0.872. The van der Waals surface area contributed by atoms with Crippen LogP contribution in [0.1, 0.15) is 26.7 Å². The van der Waals surface area contributed by atoms with E-state index in [2.05, 4.69) is 20.4 Å². The Bertz CT molecular complexity index is 76.5. The van der Waals surface area contributed by atoms with Gasteiger partial charge in [-0.2, -0.15) is 0 Å². The van der Waals surface area contributed by atoms with E-state index in [0.29, 0.717) is 0 Å². The minimum Gasteiger partial charge on any atom is -0.118 e. The number of hydrogen-bond acceptors (Lipinski definition) is 0. The highest BCUT2D eigenvalue weighted by molar-refractivity contribution is 6.22. The molecule has 0 saturated carbocycles. The molecule has 0 nitrogen and oxygen atoms in total. The average molecular weight is 133 g/mol. The van der Waals surface area contributed by atoms with Gasteiger partial charge in [0.15, 0.2) is 0 Å². The van der Waals surface area contributed by atoms with E-state index < -0.39 is 0 Å². The second kappa shape index (κ2) is 3.96. The Morgan fingerprint density at radius 3 is 2.25 bits per heavy atom. The minimum absolute atomic E-state index is 0.194. The van der Waals surface area contributed by atoms with Gasteiger partial charge in [0, 0.05) is 0 Å². The molecule has 0 aromatic heterocycles. The highest BCUT2D eigenvalue weighted by atomic mass is 35.5. The van der Waals surface area contributed by atoms with Gasteiger partial charge in [-0.25, -0.2) is 0 Å². The van der Waals surface area contributed by atoms with E-state index in [1.165, 1.54) is 0 Å². The predicted octanol–water partition coefficient (Wildman–Crippen LogP) is 2.97. The molecule has 0 aromatic carbocycles. The van der Waals surface area contributed by atoms with Crippen molar-refractivity contribution in [1.29, 1.82) is 0 Å². The van der Waals surface area contributed by atoms with Crippen LogP contribution in [-0.2, 0) is 0 Å². The van der Waals surface area contributed by atoms with Gasteiger partial charge in [0.25, 0.3) is 0 Å². The molecule has 0 bridgehead atoms. The maximum Gasteiger partial charge on any atom is 0.0539 e. The van der Waals surface area contributed by atoms with E-state index in [9.17, 15) is 0 Å². The molecule has 0 spiro atoms. The molecule has 0 aliphatic carbocycles. The van der Waals surface area contributed by atoms with Crippen LogP contribution in [0.3, 0.4) is 0 Å². The molecule has 1 unspecified atom stereocenters. The maximum absolute atomic E-state index is 5.82. The summed E-state index contributed by atoms with van der Waals surface area (Å²) in [7, 11) is 0. The summed E-state index contributed by atoms with van der Waals surface area (Å²) in [6.45, 7) is 7.96. The van der Waals surface area contributed by atoms with E-state index in [1.54, 1.807) is 0 Å². The molecule has 0 radical (unpaired) electrons. The largest absolute Gasteiger partial charge is 0.118 e. The van der Waals surface area contributed by atoms with Crippen molar-refractivity contribution in [3.05, 3.63) is 12.2 Å². The monoisotopic (exact) mass is 132 g/mol. The van der Waals surface area contributed by atoms with Crippen LogP contribution in [0.4, 0.5) is 0 Å². The Kier molecular flexibility index (Phi) is 3.98. The van der Waals surface area contributed by atoms with Gasteiger partial charge >= 0.3 is 0 Å². The molecule has 0 aromatic rings. The number of rotatable bonds is 3. The lowest BCUT2D eigenvalue weighted by Gasteiger charge is -2.05. The molecule has 1 atom stereocenters. The zero-order valence-electron chi connectivity index (χ0n) is 5.58. The Hall–Kier alpha value is 0.0300. The summed E-state index contributed by atoms with van der Waals surface area (Å²) in [6.07, 6.45) is 2.00. The maximum atomic E-state index is 5.82. The Morgan fingerprint density at radius 2 is 2.12 bits per heavy atom. The molecule has 0 N–H and O–H groups in total. The van der Waals surface area contributed by atoms with Gasteiger partial charge in [0.05, 0.1) is 5.38 Å². The van der Waals surface area contributed by atoms with Crippen LogP contribution in [0.15, 0.2) is 12.2 Å². The van der Waals surface area contributed by atoms with Crippen LogP contribution in [-0.4, -0.2) is 5.38 Å². The summed E-state index contributed by atoms with van der Waals surface area (Å²) in [5.41, 5.74) is 1.15. The van der Waals surface area contributed by atoms with Crippen molar-refractivity contribution in [2.75, 3.05) is 0 Å². The van der Waals surface area contributed by atoms with Gasteiger partial charge in [-0.05, 0) is 12.8 Å². The number of alkyl halides is 1. The Balaban J connectivity index is 3.46. The van der Waals surface area contributed by atoms with Gasteiger partial charge in [-0.1, -0.05) is 26.0 Å².